The van der Waals surface area contributed by atoms with Crippen LogP contribution in [0.4, 0.5) is 0 Å². The fourth-order valence-electron chi connectivity index (χ4n) is 1.60. The molecule has 0 spiro atoms. The number of carbonyl (C=O) groups is 1. The number of halogens is 1. The number of aromatic nitrogens is 1. The van der Waals surface area contributed by atoms with Crippen molar-refractivity contribution in [1.82, 2.24) is 4.98 Å². The predicted molar refractivity (Wildman–Crippen MR) is 71.2 cm³/mol. The zero-order valence-electron chi connectivity index (χ0n) is 10.0. The van der Waals surface area contributed by atoms with E-state index in [4.69, 9.17) is 4.74 Å². The molecule has 90 valence electrons. The van der Waals surface area contributed by atoms with Crippen LogP contribution in [0.3, 0.4) is 0 Å². The van der Waals surface area contributed by atoms with Crippen molar-refractivity contribution >= 4 is 32.8 Å². The van der Waals surface area contributed by atoms with Gasteiger partial charge >= 0.3 is 5.97 Å². The number of benzene rings is 1. The molecule has 3 nitrogen and oxygen atoms in total. The van der Waals surface area contributed by atoms with Gasteiger partial charge in [-0.1, -0.05) is 22.0 Å². The Bertz CT molecular complexity index is 566. The molecule has 0 aliphatic carbocycles. The summed E-state index contributed by atoms with van der Waals surface area (Å²) in [6.45, 7) is 5.57. The lowest BCUT2D eigenvalue weighted by Crippen LogP contribution is -2.23. The third kappa shape index (κ3) is 2.69. The first kappa shape index (κ1) is 12.2. The van der Waals surface area contributed by atoms with E-state index in [0.717, 1.165) is 15.4 Å². The van der Waals surface area contributed by atoms with Crippen molar-refractivity contribution in [2.45, 2.75) is 26.4 Å². The first-order valence-electron chi connectivity index (χ1n) is 5.37. The Balaban J connectivity index is 2.40. The Labute approximate surface area is 108 Å². The van der Waals surface area contributed by atoms with Crippen LogP contribution in [0.5, 0.6) is 0 Å². The Morgan fingerprint density at radius 3 is 2.71 bits per heavy atom. The molecule has 17 heavy (non-hydrogen) atoms. The molecule has 2 aromatic rings. The van der Waals surface area contributed by atoms with E-state index in [0.29, 0.717) is 5.56 Å². The van der Waals surface area contributed by atoms with Gasteiger partial charge in [-0.05, 0) is 32.9 Å². The predicted octanol–water partition coefficient (Wildman–Crippen LogP) is 3.89. The van der Waals surface area contributed by atoms with Crippen molar-refractivity contribution in [2.24, 2.45) is 0 Å². The monoisotopic (exact) mass is 295 g/mol. The highest BCUT2D eigenvalue weighted by molar-refractivity contribution is 9.10. The van der Waals surface area contributed by atoms with Crippen molar-refractivity contribution in [3.8, 4) is 0 Å². The second-order valence-electron chi connectivity index (χ2n) is 4.89. The smallest absolute Gasteiger partial charge is 0.340 e. The largest absolute Gasteiger partial charge is 0.456 e. The molecule has 0 aliphatic rings. The van der Waals surface area contributed by atoms with Gasteiger partial charge in [0.2, 0.25) is 0 Å². The number of hydrogen-bond acceptors (Lipinski definition) is 2. The fraction of sp³-hybridized carbons (Fsp3) is 0.308. The lowest BCUT2D eigenvalue weighted by Gasteiger charge is -2.19. The number of fused-ring (bicyclic) bond motifs is 1. The molecule has 0 bridgehead atoms. The number of esters is 1. The van der Waals surface area contributed by atoms with Crippen molar-refractivity contribution in [2.75, 3.05) is 0 Å². The maximum Gasteiger partial charge on any atom is 0.340 e. The van der Waals surface area contributed by atoms with Crippen molar-refractivity contribution in [1.29, 1.82) is 0 Å². The average Bonchev–Trinajstić information content (AvgIpc) is 2.57. The lowest BCUT2D eigenvalue weighted by atomic mass is 10.1. The molecule has 4 heteroatoms. The highest BCUT2D eigenvalue weighted by Crippen LogP contribution is 2.24. The van der Waals surface area contributed by atoms with Crippen LogP contribution in [0.25, 0.3) is 10.9 Å². The molecule has 0 radical (unpaired) electrons. The van der Waals surface area contributed by atoms with E-state index in [1.165, 1.54) is 0 Å². The van der Waals surface area contributed by atoms with Gasteiger partial charge in [0.1, 0.15) is 5.60 Å². The maximum atomic E-state index is 12.0. The Hall–Kier alpha value is -1.29. The van der Waals surface area contributed by atoms with Gasteiger partial charge < -0.3 is 9.72 Å². The third-order valence-corrected chi connectivity index (χ3v) is 2.76. The fourth-order valence-corrected chi connectivity index (χ4v) is 1.96. The van der Waals surface area contributed by atoms with Gasteiger partial charge in [0, 0.05) is 21.6 Å². The third-order valence-electron chi connectivity index (χ3n) is 2.26. The molecule has 0 aliphatic heterocycles. The molecule has 0 amide bonds. The highest BCUT2D eigenvalue weighted by Gasteiger charge is 2.20. The summed E-state index contributed by atoms with van der Waals surface area (Å²) in [7, 11) is 0. The minimum absolute atomic E-state index is 0.300. The minimum Gasteiger partial charge on any atom is -0.456 e. The van der Waals surface area contributed by atoms with Crippen LogP contribution in [0.2, 0.25) is 0 Å². The summed E-state index contributed by atoms with van der Waals surface area (Å²) < 4.78 is 6.32. The molecule has 2 rings (SSSR count). The molecular formula is C13H14BrNO2. The number of rotatable bonds is 1. The van der Waals surface area contributed by atoms with Gasteiger partial charge in [-0.2, -0.15) is 0 Å². The summed E-state index contributed by atoms with van der Waals surface area (Å²) in [4.78, 5) is 15.0. The first-order valence-corrected chi connectivity index (χ1v) is 6.16. The maximum absolute atomic E-state index is 12.0. The lowest BCUT2D eigenvalue weighted by molar-refractivity contribution is 0.00719. The second-order valence-corrected chi connectivity index (χ2v) is 5.81. The molecule has 1 N–H and O–H groups in total. The van der Waals surface area contributed by atoms with Gasteiger partial charge in [0.25, 0.3) is 0 Å². The minimum atomic E-state index is -0.476. The molecule has 0 atom stereocenters. The van der Waals surface area contributed by atoms with Crippen LogP contribution in [-0.2, 0) is 4.74 Å². The van der Waals surface area contributed by atoms with Crippen LogP contribution < -0.4 is 0 Å². The van der Waals surface area contributed by atoms with Crippen molar-refractivity contribution in [3.63, 3.8) is 0 Å². The summed E-state index contributed by atoms with van der Waals surface area (Å²) in [6, 6.07) is 5.74. The number of hydrogen-bond donors (Lipinski definition) is 1. The highest BCUT2D eigenvalue weighted by atomic mass is 79.9. The van der Waals surface area contributed by atoms with Gasteiger partial charge in [0.05, 0.1) is 5.56 Å². The van der Waals surface area contributed by atoms with E-state index >= 15 is 0 Å². The molecule has 0 unspecified atom stereocenters. The molecule has 1 aromatic carbocycles. The van der Waals surface area contributed by atoms with Gasteiger partial charge in [-0.25, -0.2) is 4.79 Å². The molecule has 1 heterocycles. The van der Waals surface area contributed by atoms with Gasteiger partial charge in [0.15, 0.2) is 0 Å². The van der Waals surface area contributed by atoms with E-state index in [9.17, 15) is 4.79 Å². The summed E-state index contributed by atoms with van der Waals surface area (Å²) in [5, 5.41) is 0.877. The molecule has 0 fully saturated rings. The SMILES string of the molecule is CC(C)(C)OC(=O)c1c[nH]c2cc(Br)ccc12. The number of carbonyl (C=O) groups excluding carboxylic acids is 1. The number of nitrogens with one attached hydrogen (secondary N) is 1. The first-order chi connectivity index (χ1) is 7.87. The van der Waals surface area contributed by atoms with Crippen LogP contribution in [-0.4, -0.2) is 16.6 Å². The number of H-pyrrole nitrogens is 1. The average molecular weight is 296 g/mol. The van der Waals surface area contributed by atoms with Gasteiger partial charge in [-0.3, -0.25) is 0 Å². The number of aromatic amines is 1. The van der Waals surface area contributed by atoms with E-state index < -0.39 is 5.60 Å². The van der Waals surface area contributed by atoms with E-state index in [1.54, 1.807) is 6.20 Å². The topological polar surface area (TPSA) is 42.1 Å². The summed E-state index contributed by atoms with van der Waals surface area (Å²) >= 11 is 3.39. The molecule has 0 saturated heterocycles. The van der Waals surface area contributed by atoms with E-state index in [2.05, 4.69) is 20.9 Å². The molecule has 1 aromatic heterocycles. The van der Waals surface area contributed by atoms with Crippen LogP contribution in [0.15, 0.2) is 28.9 Å². The van der Waals surface area contributed by atoms with Crippen molar-refractivity contribution in [3.05, 3.63) is 34.4 Å². The molecular weight excluding hydrogens is 282 g/mol. The second kappa shape index (κ2) is 4.18. The van der Waals surface area contributed by atoms with E-state index in [-0.39, 0.29) is 5.97 Å². The molecule has 0 saturated carbocycles. The van der Waals surface area contributed by atoms with Gasteiger partial charge in [-0.15, -0.1) is 0 Å². The van der Waals surface area contributed by atoms with Crippen LogP contribution in [0.1, 0.15) is 31.1 Å². The normalized spacial score (nSPS) is 11.8. The Morgan fingerprint density at radius 2 is 2.06 bits per heavy atom. The summed E-state index contributed by atoms with van der Waals surface area (Å²) in [5.74, 6) is -0.300. The van der Waals surface area contributed by atoms with E-state index in [1.807, 2.05) is 39.0 Å². The Morgan fingerprint density at radius 1 is 1.35 bits per heavy atom. The number of ether oxygens (including phenoxy) is 1. The zero-order valence-corrected chi connectivity index (χ0v) is 11.6. The summed E-state index contributed by atoms with van der Waals surface area (Å²) in [5.41, 5.74) is 1.01. The quantitative estimate of drug-likeness (QED) is 0.811. The van der Waals surface area contributed by atoms with Crippen molar-refractivity contribution < 1.29 is 9.53 Å². The Kier molecular flexibility index (Phi) is 3.00. The summed E-state index contributed by atoms with van der Waals surface area (Å²) in [6.07, 6.45) is 1.69. The van der Waals surface area contributed by atoms with Crippen LogP contribution in [0, 0.1) is 0 Å². The van der Waals surface area contributed by atoms with Crippen LogP contribution >= 0.6 is 15.9 Å². The standard InChI is InChI=1S/C13H14BrNO2/c1-13(2,3)17-12(16)10-7-15-11-6-8(14)4-5-9(10)11/h4-7,15H,1-3H3. The zero-order chi connectivity index (χ0) is 12.6.